The summed E-state index contributed by atoms with van der Waals surface area (Å²) in [5.41, 5.74) is 3.54. The quantitative estimate of drug-likeness (QED) is 0.448. The summed E-state index contributed by atoms with van der Waals surface area (Å²) in [5, 5.41) is 0. The number of rotatable bonds is 6. The number of nitrogens with zero attached hydrogens (tertiary/aromatic N) is 3. The van der Waals surface area contributed by atoms with Gasteiger partial charge in [-0.1, -0.05) is 18.2 Å². The molecule has 0 bridgehead atoms. The Hall–Kier alpha value is -3.13. The van der Waals surface area contributed by atoms with Crippen LogP contribution in [0.25, 0.3) is 0 Å². The molecule has 0 fully saturated rings. The summed E-state index contributed by atoms with van der Waals surface area (Å²) in [4.78, 5) is 30.9. The zero-order valence-corrected chi connectivity index (χ0v) is 21.2. The molecule has 0 atom stereocenters. The predicted octanol–water partition coefficient (Wildman–Crippen LogP) is 5.08. The average molecular weight is 526 g/mol. The van der Waals surface area contributed by atoms with E-state index in [2.05, 4.69) is 39.1 Å². The van der Waals surface area contributed by atoms with Gasteiger partial charge in [-0.2, -0.15) is 0 Å². The van der Waals surface area contributed by atoms with Crippen molar-refractivity contribution in [1.29, 1.82) is 0 Å². The Labute approximate surface area is 207 Å². The molecule has 0 saturated carbocycles. The van der Waals surface area contributed by atoms with Gasteiger partial charge in [-0.3, -0.25) is 14.7 Å². The summed E-state index contributed by atoms with van der Waals surface area (Å²) in [6, 6.07) is 13.3. The molecular weight excluding hydrogens is 498 g/mol. The highest BCUT2D eigenvalue weighted by Crippen LogP contribution is 2.26. The minimum Gasteiger partial charge on any atom is -0.487 e. The number of carbonyl (C=O) groups is 1. The first-order valence-electron chi connectivity index (χ1n) is 11.2. The lowest BCUT2D eigenvalue weighted by Crippen LogP contribution is -2.33. The molecule has 1 amide bonds. The second-order valence-electron chi connectivity index (χ2n) is 9.34. The lowest BCUT2D eigenvalue weighted by molar-refractivity contribution is 0.0242. The molecule has 2 aromatic heterocycles. The summed E-state index contributed by atoms with van der Waals surface area (Å²) < 4.78 is 13.8. The van der Waals surface area contributed by atoms with Crippen LogP contribution in [0.5, 0.6) is 5.75 Å². The number of aromatic nitrogens is 2. The van der Waals surface area contributed by atoms with E-state index in [0.717, 1.165) is 26.9 Å². The normalized spacial score (nSPS) is 13.0. The van der Waals surface area contributed by atoms with E-state index >= 15 is 0 Å². The zero-order chi connectivity index (χ0) is 24.3. The molecule has 178 valence electrons. The van der Waals surface area contributed by atoms with Gasteiger partial charge in [-0.25, -0.2) is 4.79 Å². The molecule has 0 aliphatic carbocycles. The van der Waals surface area contributed by atoms with Crippen LogP contribution in [0.3, 0.4) is 0 Å². The van der Waals surface area contributed by atoms with Gasteiger partial charge in [0.05, 0.1) is 5.69 Å². The van der Waals surface area contributed by atoms with E-state index in [1.54, 1.807) is 27.9 Å². The third-order valence-electron chi connectivity index (χ3n) is 5.43. The van der Waals surface area contributed by atoms with Gasteiger partial charge < -0.3 is 14.0 Å². The number of carbonyl (C=O) groups excluding carboxylic acids is 1. The van der Waals surface area contributed by atoms with Crippen molar-refractivity contribution in [2.24, 2.45) is 0 Å². The molecule has 1 aliphatic heterocycles. The van der Waals surface area contributed by atoms with Crippen LogP contribution in [0.15, 0.2) is 64.1 Å². The van der Waals surface area contributed by atoms with Crippen LogP contribution in [0, 0.1) is 0 Å². The molecule has 3 aromatic rings. The fourth-order valence-electron chi connectivity index (χ4n) is 3.72. The number of hydrogen-bond acceptors (Lipinski definition) is 5. The van der Waals surface area contributed by atoms with Crippen molar-refractivity contribution in [3.05, 3.63) is 92.1 Å². The van der Waals surface area contributed by atoms with Crippen LogP contribution in [0.2, 0.25) is 0 Å². The second kappa shape index (κ2) is 10.0. The number of amides is 1. The fraction of sp³-hybridized carbons (Fsp3) is 0.346. The van der Waals surface area contributed by atoms with Gasteiger partial charge in [-0.15, -0.1) is 0 Å². The summed E-state index contributed by atoms with van der Waals surface area (Å²) in [5.74, 6) is 0.519. The van der Waals surface area contributed by atoms with Gasteiger partial charge in [0.2, 0.25) is 0 Å². The Morgan fingerprint density at radius 3 is 2.59 bits per heavy atom. The van der Waals surface area contributed by atoms with Crippen LogP contribution in [0.1, 0.15) is 43.2 Å². The van der Waals surface area contributed by atoms with Gasteiger partial charge in [0, 0.05) is 42.6 Å². The van der Waals surface area contributed by atoms with E-state index < -0.39 is 5.60 Å². The first-order valence-corrected chi connectivity index (χ1v) is 12.0. The SMILES string of the molecule is CC(C)(C)OC(=O)N1Cc2ccc(CCn3ccc(OCc4ccc(Br)cn4)cc3=O)cc2C1. The van der Waals surface area contributed by atoms with Crippen molar-refractivity contribution >= 4 is 22.0 Å². The van der Waals surface area contributed by atoms with E-state index in [1.165, 1.54) is 6.07 Å². The smallest absolute Gasteiger partial charge is 0.410 e. The highest BCUT2D eigenvalue weighted by atomic mass is 79.9. The van der Waals surface area contributed by atoms with Crippen LogP contribution in [0.4, 0.5) is 4.79 Å². The van der Waals surface area contributed by atoms with Crippen LogP contribution < -0.4 is 10.3 Å². The monoisotopic (exact) mass is 525 g/mol. The molecule has 0 N–H and O–H groups in total. The lowest BCUT2D eigenvalue weighted by Gasteiger charge is -2.24. The number of fused-ring (bicyclic) bond motifs is 1. The number of aryl methyl sites for hydroxylation is 2. The highest BCUT2D eigenvalue weighted by molar-refractivity contribution is 9.10. The summed E-state index contributed by atoms with van der Waals surface area (Å²) in [6.45, 7) is 7.55. The number of benzene rings is 1. The maximum Gasteiger partial charge on any atom is 0.410 e. The zero-order valence-electron chi connectivity index (χ0n) is 19.6. The predicted molar refractivity (Wildman–Crippen MR) is 133 cm³/mol. The van der Waals surface area contributed by atoms with E-state index in [4.69, 9.17) is 9.47 Å². The van der Waals surface area contributed by atoms with E-state index in [1.807, 2.05) is 32.9 Å². The molecule has 34 heavy (non-hydrogen) atoms. The van der Waals surface area contributed by atoms with Crippen molar-refractivity contribution in [2.45, 2.75) is 59.0 Å². The number of pyridine rings is 2. The Kier molecular flexibility index (Phi) is 7.07. The minimum atomic E-state index is -0.513. The van der Waals surface area contributed by atoms with Gasteiger partial charge in [-0.05, 0) is 78.0 Å². The van der Waals surface area contributed by atoms with Crippen molar-refractivity contribution in [2.75, 3.05) is 0 Å². The van der Waals surface area contributed by atoms with Crippen molar-refractivity contribution in [3.63, 3.8) is 0 Å². The van der Waals surface area contributed by atoms with Gasteiger partial charge in [0.1, 0.15) is 18.0 Å². The van der Waals surface area contributed by atoms with E-state index in [9.17, 15) is 9.59 Å². The first kappa shape index (κ1) is 24.0. The Morgan fingerprint density at radius 2 is 1.88 bits per heavy atom. The van der Waals surface area contributed by atoms with Crippen molar-refractivity contribution in [1.82, 2.24) is 14.5 Å². The van der Waals surface area contributed by atoms with E-state index in [-0.39, 0.29) is 11.7 Å². The summed E-state index contributed by atoms with van der Waals surface area (Å²) in [7, 11) is 0. The maximum atomic E-state index is 12.5. The Bertz CT molecular complexity index is 1230. The van der Waals surface area contributed by atoms with Gasteiger partial charge in [0.15, 0.2) is 0 Å². The number of hydrogen-bond donors (Lipinski definition) is 0. The van der Waals surface area contributed by atoms with Gasteiger partial charge in [0.25, 0.3) is 5.56 Å². The third kappa shape index (κ3) is 6.26. The third-order valence-corrected chi connectivity index (χ3v) is 5.90. The molecule has 0 spiro atoms. The van der Waals surface area contributed by atoms with Crippen molar-refractivity contribution < 1.29 is 14.3 Å². The summed E-state index contributed by atoms with van der Waals surface area (Å²) in [6.07, 6.45) is 3.88. The second-order valence-corrected chi connectivity index (χ2v) is 10.3. The largest absolute Gasteiger partial charge is 0.487 e. The molecule has 0 saturated heterocycles. The fourth-order valence-corrected chi connectivity index (χ4v) is 3.96. The summed E-state index contributed by atoms with van der Waals surface area (Å²) >= 11 is 3.35. The molecule has 8 heteroatoms. The standard InChI is InChI=1S/C26H28BrN3O4/c1-26(2,3)34-25(32)30-15-19-5-4-18(12-20(19)16-30)8-10-29-11-9-23(13-24(29)31)33-17-22-7-6-21(27)14-28-22/h4-7,9,11-14H,8,10,15-17H2,1-3H3. The minimum absolute atomic E-state index is 0.112. The average Bonchev–Trinajstić information content (AvgIpc) is 3.21. The molecule has 3 heterocycles. The van der Waals surface area contributed by atoms with Crippen LogP contribution in [-0.4, -0.2) is 26.1 Å². The highest BCUT2D eigenvalue weighted by Gasteiger charge is 2.27. The van der Waals surface area contributed by atoms with E-state index in [0.29, 0.717) is 38.4 Å². The number of halogens is 1. The molecule has 1 aromatic carbocycles. The molecule has 4 rings (SSSR count). The molecule has 1 aliphatic rings. The molecular formula is C26H28BrN3O4. The lowest BCUT2D eigenvalue weighted by atomic mass is 10.0. The Balaban J connectivity index is 1.33. The maximum absolute atomic E-state index is 12.5. The Morgan fingerprint density at radius 1 is 1.09 bits per heavy atom. The van der Waals surface area contributed by atoms with Crippen molar-refractivity contribution in [3.8, 4) is 5.75 Å². The number of ether oxygens (including phenoxy) is 2. The van der Waals surface area contributed by atoms with Crippen LogP contribution >= 0.6 is 15.9 Å². The molecule has 7 nitrogen and oxygen atoms in total. The first-order chi connectivity index (χ1) is 16.2. The van der Waals surface area contributed by atoms with Gasteiger partial charge >= 0.3 is 6.09 Å². The van der Waals surface area contributed by atoms with Crippen LogP contribution in [-0.2, 0) is 37.4 Å². The molecule has 0 radical (unpaired) electrons. The topological polar surface area (TPSA) is 73.7 Å². The molecule has 0 unspecified atom stereocenters.